The van der Waals surface area contributed by atoms with Gasteiger partial charge in [0.15, 0.2) is 0 Å². The van der Waals surface area contributed by atoms with Crippen molar-refractivity contribution in [2.75, 3.05) is 5.32 Å². The molecule has 0 spiro atoms. The molecule has 0 aliphatic heterocycles. The zero-order valence-corrected chi connectivity index (χ0v) is 14.7. The summed E-state index contributed by atoms with van der Waals surface area (Å²) in [5.41, 5.74) is 1.78. The summed E-state index contributed by atoms with van der Waals surface area (Å²) in [5.74, 6) is -0.268. The minimum atomic E-state index is -0.533. The molecule has 12 nitrogen and oxygen atoms in total. The highest BCUT2D eigenvalue weighted by Gasteiger charge is 2.13. The van der Waals surface area contributed by atoms with Gasteiger partial charge in [0.25, 0.3) is 11.8 Å². The van der Waals surface area contributed by atoms with Crippen LogP contribution < -0.4 is 10.6 Å². The lowest BCUT2D eigenvalue weighted by Gasteiger charge is -2.07. The van der Waals surface area contributed by atoms with Crippen LogP contribution in [-0.2, 0) is 6.54 Å². The number of amides is 2. The average Bonchev–Trinajstić information content (AvgIpc) is 3.47. The SMILES string of the molecule is O=C(NCc1ccc(-c2nn[nH]n2)cc1)c1cc(NC(=O)c2ccno2)ncn1. The number of nitrogens with one attached hydrogen (secondary N) is 3. The molecule has 12 heteroatoms. The molecule has 144 valence electrons. The fourth-order valence-corrected chi connectivity index (χ4v) is 2.39. The molecule has 3 N–H and O–H groups in total. The normalized spacial score (nSPS) is 10.5. The maximum absolute atomic E-state index is 12.4. The van der Waals surface area contributed by atoms with E-state index in [1.165, 1.54) is 24.7 Å². The molecule has 0 aliphatic carbocycles. The van der Waals surface area contributed by atoms with Crippen LogP contribution in [0.15, 0.2) is 53.4 Å². The molecule has 0 unspecified atom stereocenters. The number of anilines is 1. The minimum absolute atomic E-state index is 0.0267. The molecule has 0 radical (unpaired) electrons. The Bertz CT molecular complexity index is 1110. The van der Waals surface area contributed by atoms with Crippen LogP contribution in [0.3, 0.4) is 0 Å². The first-order valence-electron chi connectivity index (χ1n) is 8.34. The molecule has 1 aromatic carbocycles. The van der Waals surface area contributed by atoms with Crippen LogP contribution in [0.1, 0.15) is 26.6 Å². The van der Waals surface area contributed by atoms with Gasteiger partial charge in [-0.05, 0) is 10.8 Å². The molecule has 0 saturated heterocycles. The second-order valence-corrected chi connectivity index (χ2v) is 5.73. The smallest absolute Gasteiger partial charge is 0.295 e. The molecule has 0 bridgehead atoms. The first-order chi connectivity index (χ1) is 14.2. The number of benzene rings is 1. The lowest BCUT2D eigenvalue weighted by atomic mass is 10.1. The fraction of sp³-hybridized carbons (Fsp3) is 0.0588. The van der Waals surface area contributed by atoms with E-state index in [9.17, 15) is 9.59 Å². The number of nitrogens with zero attached hydrogens (tertiary/aromatic N) is 6. The second-order valence-electron chi connectivity index (χ2n) is 5.73. The Labute approximate surface area is 162 Å². The van der Waals surface area contributed by atoms with E-state index in [1.807, 2.05) is 24.3 Å². The van der Waals surface area contributed by atoms with Crippen molar-refractivity contribution in [3.05, 3.63) is 65.9 Å². The van der Waals surface area contributed by atoms with Crippen LogP contribution in [0.5, 0.6) is 0 Å². The highest BCUT2D eigenvalue weighted by molar-refractivity contribution is 6.02. The average molecular weight is 391 g/mol. The Hall–Kier alpha value is -4.48. The molecule has 3 aromatic heterocycles. The third-order valence-corrected chi connectivity index (χ3v) is 3.81. The standard InChI is InChI=1S/C17H13N9O3/c27-16(18-8-10-1-3-11(4-2-10)15-23-25-26-24-15)12-7-14(20-9-19-12)22-17(28)13-5-6-21-29-13/h1-7,9H,8H2,(H,18,27)(H,19,20,22,28)(H,23,24,25,26). The number of carbonyl (C=O) groups excluding carboxylic acids is 2. The van der Waals surface area contributed by atoms with Gasteiger partial charge in [-0.3, -0.25) is 9.59 Å². The predicted molar refractivity (Wildman–Crippen MR) is 97.3 cm³/mol. The topological polar surface area (TPSA) is 164 Å². The van der Waals surface area contributed by atoms with Crippen LogP contribution in [0.2, 0.25) is 0 Å². The highest BCUT2D eigenvalue weighted by atomic mass is 16.5. The molecule has 4 rings (SSSR count). The van der Waals surface area contributed by atoms with E-state index in [4.69, 9.17) is 4.52 Å². The highest BCUT2D eigenvalue weighted by Crippen LogP contribution is 2.14. The summed E-state index contributed by atoms with van der Waals surface area (Å²) >= 11 is 0. The van der Waals surface area contributed by atoms with Crippen LogP contribution in [0.4, 0.5) is 5.82 Å². The predicted octanol–water partition coefficient (Wildman–Crippen LogP) is 0.827. The van der Waals surface area contributed by atoms with Crippen molar-refractivity contribution >= 4 is 17.6 Å². The summed E-state index contributed by atoms with van der Waals surface area (Å²) in [5, 5.41) is 22.4. The van der Waals surface area contributed by atoms with Crippen molar-refractivity contribution in [1.29, 1.82) is 0 Å². The summed E-state index contributed by atoms with van der Waals surface area (Å²) < 4.78 is 4.77. The number of hydrogen-bond donors (Lipinski definition) is 3. The van der Waals surface area contributed by atoms with E-state index in [2.05, 4.69) is 46.4 Å². The van der Waals surface area contributed by atoms with Gasteiger partial charge in [0, 0.05) is 24.2 Å². The van der Waals surface area contributed by atoms with E-state index in [1.54, 1.807) is 0 Å². The first-order valence-corrected chi connectivity index (χ1v) is 8.34. The quantitative estimate of drug-likeness (QED) is 0.431. The van der Waals surface area contributed by atoms with E-state index >= 15 is 0 Å². The molecule has 0 atom stereocenters. The van der Waals surface area contributed by atoms with Crippen molar-refractivity contribution in [1.82, 2.24) is 41.1 Å². The minimum Gasteiger partial charge on any atom is -0.351 e. The molecule has 3 heterocycles. The van der Waals surface area contributed by atoms with Crippen molar-refractivity contribution in [2.24, 2.45) is 0 Å². The summed E-state index contributed by atoms with van der Waals surface area (Å²) in [4.78, 5) is 32.2. The summed E-state index contributed by atoms with van der Waals surface area (Å²) in [7, 11) is 0. The van der Waals surface area contributed by atoms with Gasteiger partial charge in [0.2, 0.25) is 11.6 Å². The lowest BCUT2D eigenvalue weighted by Crippen LogP contribution is -2.24. The van der Waals surface area contributed by atoms with E-state index in [0.29, 0.717) is 5.82 Å². The molecule has 29 heavy (non-hydrogen) atoms. The molecule has 0 aliphatic rings. The summed E-state index contributed by atoms with van der Waals surface area (Å²) in [6, 6.07) is 10.1. The molecular weight excluding hydrogens is 378 g/mol. The lowest BCUT2D eigenvalue weighted by molar-refractivity contribution is 0.0943. The van der Waals surface area contributed by atoms with Gasteiger partial charge < -0.3 is 15.2 Å². The third-order valence-electron chi connectivity index (χ3n) is 3.81. The Morgan fingerprint density at radius 2 is 1.93 bits per heavy atom. The van der Waals surface area contributed by atoms with Gasteiger partial charge in [0.05, 0.1) is 6.20 Å². The number of hydrogen-bond acceptors (Lipinski definition) is 9. The van der Waals surface area contributed by atoms with E-state index in [-0.39, 0.29) is 23.8 Å². The zero-order chi connectivity index (χ0) is 20.1. The van der Waals surface area contributed by atoms with Gasteiger partial charge in [-0.15, -0.1) is 10.2 Å². The Kier molecular flexibility index (Phi) is 4.96. The molecule has 4 aromatic rings. The number of carbonyl (C=O) groups is 2. The zero-order valence-electron chi connectivity index (χ0n) is 14.7. The number of aromatic nitrogens is 7. The van der Waals surface area contributed by atoms with Crippen molar-refractivity contribution in [3.8, 4) is 11.4 Å². The van der Waals surface area contributed by atoms with Crippen LogP contribution in [0.25, 0.3) is 11.4 Å². The molecule has 0 fully saturated rings. The largest absolute Gasteiger partial charge is 0.351 e. The number of rotatable bonds is 6. The van der Waals surface area contributed by atoms with Crippen LogP contribution in [0, 0.1) is 0 Å². The molecule has 2 amide bonds. The van der Waals surface area contributed by atoms with E-state index in [0.717, 1.165) is 11.1 Å². The van der Waals surface area contributed by atoms with Gasteiger partial charge >= 0.3 is 0 Å². The fourth-order valence-electron chi connectivity index (χ4n) is 2.39. The number of H-pyrrole nitrogens is 1. The van der Waals surface area contributed by atoms with Crippen LogP contribution >= 0.6 is 0 Å². The van der Waals surface area contributed by atoms with E-state index < -0.39 is 11.8 Å². The van der Waals surface area contributed by atoms with Crippen molar-refractivity contribution in [3.63, 3.8) is 0 Å². The first kappa shape index (κ1) is 17.9. The molecule has 0 saturated carbocycles. The van der Waals surface area contributed by atoms with Gasteiger partial charge in [-0.2, -0.15) is 5.21 Å². The third kappa shape index (κ3) is 4.27. The summed E-state index contributed by atoms with van der Waals surface area (Å²) in [6.45, 7) is 0.287. The maximum atomic E-state index is 12.4. The van der Waals surface area contributed by atoms with Gasteiger partial charge in [-0.25, -0.2) is 9.97 Å². The summed E-state index contributed by atoms with van der Waals surface area (Å²) in [6.07, 6.45) is 2.53. The van der Waals surface area contributed by atoms with Crippen LogP contribution in [-0.4, -0.2) is 47.6 Å². The number of tetrazole rings is 1. The maximum Gasteiger partial charge on any atom is 0.295 e. The Morgan fingerprint density at radius 1 is 1.07 bits per heavy atom. The second kappa shape index (κ2) is 8.04. The van der Waals surface area contributed by atoms with Crippen molar-refractivity contribution in [2.45, 2.75) is 6.54 Å². The Morgan fingerprint density at radius 3 is 2.66 bits per heavy atom. The van der Waals surface area contributed by atoms with Gasteiger partial charge in [0.1, 0.15) is 17.8 Å². The Balaban J connectivity index is 1.36. The van der Waals surface area contributed by atoms with Crippen molar-refractivity contribution < 1.29 is 14.1 Å². The monoisotopic (exact) mass is 391 g/mol. The molecular formula is C17H13N9O3. The van der Waals surface area contributed by atoms with Gasteiger partial charge in [-0.1, -0.05) is 29.4 Å². The number of aromatic amines is 1.